The van der Waals surface area contributed by atoms with E-state index < -0.39 is 6.04 Å². The zero-order valence-electron chi connectivity index (χ0n) is 17.0. The molecule has 1 atom stereocenters. The summed E-state index contributed by atoms with van der Waals surface area (Å²) in [5.41, 5.74) is 0.906. The number of amides is 1. The first-order valence-electron chi connectivity index (χ1n) is 10.0. The first-order chi connectivity index (χ1) is 11.9. The van der Waals surface area contributed by atoms with E-state index in [1.807, 2.05) is 27.7 Å². The lowest BCUT2D eigenvalue weighted by Crippen LogP contribution is -2.44. The Balaban J connectivity index is 3.89. The Labute approximate surface area is 154 Å². The number of carbonyl (C=O) groups excluding carboxylic acids is 2. The third kappa shape index (κ3) is 13.6. The number of carbonyl (C=O) groups is 2. The Morgan fingerprint density at radius 1 is 0.920 bits per heavy atom. The maximum atomic E-state index is 12.2. The van der Waals surface area contributed by atoms with Crippen LogP contribution in [0.15, 0.2) is 11.6 Å². The zero-order valence-corrected chi connectivity index (χ0v) is 17.0. The lowest BCUT2D eigenvalue weighted by Gasteiger charge is -2.20. The van der Waals surface area contributed by atoms with Crippen LogP contribution >= 0.6 is 0 Å². The molecule has 4 nitrogen and oxygen atoms in total. The summed E-state index contributed by atoms with van der Waals surface area (Å²) in [6, 6.07) is -0.582. The molecule has 0 rings (SSSR count). The third-order valence-corrected chi connectivity index (χ3v) is 4.13. The molecule has 0 spiro atoms. The Morgan fingerprint density at radius 3 is 1.92 bits per heavy atom. The Bertz CT molecular complexity index is 398. The fourth-order valence-electron chi connectivity index (χ4n) is 2.63. The molecule has 0 aliphatic carbocycles. The number of allylic oxidation sites excluding steroid dienone is 1. The Morgan fingerprint density at radius 2 is 1.44 bits per heavy atom. The zero-order chi connectivity index (χ0) is 19.1. The number of unbranched alkanes of at least 4 members (excludes halogenated alkanes) is 8. The van der Waals surface area contributed by atoms with Gasteiger partial charge in [0, 0.05) is 6.08 Å². The average Bonchev–Trinajstić information content (AvgIpc) is 2.53. The minimum Gasteiger partial charge on any atom is -0.464 e. The van der Waals surface area contributed by atoms with Crippen molar-refractivity contribution in [1.82, 2.24) is 5.32 Å². The highest BCUT2D eigenvalue weighted by Gasteiger charge is 2.24. The molecule has 1 amide bonds. The van der Waals surface area contributed by atoms with Gasteiger partial charge >= 0.3 is 5.97 Å². The standard InChI is InChI=1S/C21H39NO3/c1-6-7-8-9-10-11-12-13-14-15-25-21(24)20(18(4)5)22-19(23)16-17(2)3/h16,18,20H,6-15H2,1-5H3,(H,22,23). The molecular weight excluding hydrogens is 314 g/mol. The summed E-state index contributed by atoms with van der Waals surface area (Å²) in [6.45, 7) is 10.2. The highest BCUT2D eigenvalue weighted by atomic mass is 16.5. The van der Waals surface area contributed by atoms with Gasteiger partial charge in [0.2, 0.25) is 5.91 Å². The van der Waals surface area contributed by atoms with E-state index in [2.05, 4.69) is 12.2 Å². The number of ether oxygens (including phenoxy) is 1. The maximum Gasteiger partial charge on any atom is 0.328 e. The molecule has 146 valence electrons. The molecule has 25 heavy (non-hydrogen) atoms. The molecular formula is C21H39NO3. The predicted molar refractivity (Wildman–Crippen MR) is 104 cm³/mol. The van der Waals surface area contributed by atoms with Crippen LogP contribution in [0.5, 0.6) is 0 Å². The maximum absolute atomic E-state index is 12.2. The smallest absolute Gasteiger partial charge is 0.328 e. The topological polar surface area (TPSA) is 55.4 Å². The van der Waals surface area contributed by atoms with Crippen molar-refractivity contribution >= 4 is 11.9 Å². The fourth-order valence-corrected chi connectivity index (χ4v) is 2.63. The summed E-state index contributed by atoms with van der Waals surface area (Å²) >= 11 is 0. The number of hydrogen-bond acceptors (Lipinski definition) is 3. The quantitative estimate of drug-likeness (QED) is 0.266. The lowest BCUT2D eigenvalue weighted by molar-refractivity contribution is -0.148. The summed E-state index contributed by atoms with van der Waals surface area (Å²) in [5.74, 6) is -0.561. The molecule has 0 aromatic rings. The molecule has 0 aromatic carbocycles. The van der Waals surface area contributed by atoms with E-state index in [9.17, 15) is 9.59 Å². The van der Waals surface area contributed by atoms with Gasteiger partial charge in [-0.3, -0.25) is 4.79 Å². The molecule has 4 heteroatoms. The van der Waals surface area contributed by atoms with Gasteiger partial charge in [0.25, 0.3) is 0 Å². The van der Waals surface area contributed by atoms with Crippen molar-refractivity contribution in [2.45, 2.75) is 98.4 Å². The van der Waals surface area contributed by atoms with Crippen molar-refractivity contribution in [3.63, 3.8) is 0 Å². The van der Waals surface area contributed by atoms with Crippen LogP contribution in [0.4, 0.5) is 0 Å². The highest BCUT2D eigenvalue weighted by Crippen LogP contribution is 2.10. The molecule has 0 aliphatic heterocycles. The first kappa shape index (κ1) is 23.7. The van der Waals surface area contributed by atoms with Crippen LogP contribution in [0.3, 0.4) is 0 Å². The van der Waals surface area contributed by atoms with Crippen molar-refractivity contribution in [3.05, 3.63) is 11.6 Å². The number of rotatable bonds is 14. The van der Waals surface area contributed by atoms with Crippen molar-refractivity contribution in [3.8, 4) is 0 Å². The molecule has 0 saturated carbocycles. The van der Waals surface area contributed by atoms with Crippen LogP contribution in [0.25, 0.3) is 0 Å². The normalized spacial score (nSPS) is 11.9. The highest BCUT2D eigenvalue weighted by molar-refractivity contribution is 5.92. The van der Waals surface area contributed by atoms with Crippen LogP contribution in [0.2, 0.25) is 0 Å². The van der Waals surface area contributed by atoms with Gasteiger partial charge in [0.1, 0.15) is 6.04 Å². The molecule has 0 fully saturated rings. The van der Waals surface area contributed by atoms with Gasteiger partial charge in [-0.05, 0) is 26.2 Å². The summed E-state index contributed by atoms with van der Waals surface area (Å²) in [5, 5.41) is 2.74. The number of hydrogen-bond donors (Lipinski definition) is 1. The predicted octanol–water partition coefficient (Wildman–Crippen LogP) is 5.17. The van der Waals surface area contributed by atoms with Crippen LogP contribution in [-0.4, -0.2) is 24.5 Å². The second-order valence-corrected chi connectivity index (χ2v) is 7.45. The van der Waals surface area contributed by atoms with Gasteiger partial charge in [-0.1, -0.05) is 77.7 Å². The van der Waals surface area contributed by atoms with Gasteiger partial charge in [-0.15, -0.1) is 0 Å². The number of esters is 1. The van der Waals surface area contributed by atoms with E-state index in [1.54, 1.807) is 0 Å². The molecule has 0 aromatic heterocycles. The van der Waals surface area contributed by atoms with Crippen LogP contribution in [0.1, 0.15) is 92.4 Å². The minimum atomic E-state index is -0.582. The van der Waals surface area contributed by atoms with Crippen molar-refractivity contribution in [1.29, 1.82) is 0 Å². The molecule has 1 N–H and O–H groups in total. The van der Waals surface area contributed by atoms with Crippen LogP contribution in [0, 0.1) is 5.92 Å². The van der Waals surface area contributed by atoms with E-state index in [0.29, 0.717) is 6.61 Å². The monoisotopic (exact) mass is 353 g/mol. The Hall–Kier alpha value is -1.32. The second kappa shape index (κ2) is 15.0. The van der Waals surface area contributed by atoms with Gasteiger partial charge < -0.3 is 10.1 Å². The van der Waals surface area contributed by atoms with Gasteiger partial charge in [0.15, 0.2) is 0 Å². The molecule has 0 bridgehead atoms. The van der Waals surface area contributed by atoms with Gasteiger partial charge in [0.05, 0.1) is 6.61 Å². The second-order valence-electron chi connectivity index (χ2n) is 7.45. The molecule has 0 radical (unpaired) electrons. The van der Waals surface area contributed by atoms with E-state index in [1.165, 1.54) is 51.0 Å². The Kier molecular flexibility index (Phi) is 14.2. The van der Waals surface area contributed by atoms with E-state index >= 15 is 0 Å². The van der Waals surface area contributed by atoms with Crippen molar-refractivity contribution in [2.75, 3.05) is 6.61 Å². The first-order valence-corrected chi connectivity index (χ1v) is 10.0. The van der Waals surface area contributed by atoms with Crippen LogP contribution in [-0.2, 0) is 14.3 Å². The van der Waals surface area contributed by atoms with Crippen LogP contribution < -0.4 is 5.32 Å². The fraction of sp³-hybridized carbons (Fsp3) is 0.810. The molecule has 0 heterocycles. The average molecular weight is 354 g/mol. The summed E-state index contributed by atoms with van der Waals surface area (Å²) in [4.78, 5) is 24.0. The van der Waals surface area contributed by atoms with Gasteiger partial charge in [-0.2, -0.15) is 0 Å². The SMILES string of the molecule is CCCCCCCCCCCOC(=O)C(NC(=O)C=C(C)C)C(C)C. The largest absolute Gasteiger partial charge is 0.464 e. The van der Waals surface area contributed by atoms with E-state index in [4.69, 9.17) is 4.74 Å². The summed E-state index contributed by atoms with van der Waals surface area (Å²) in [6.07, 6.45) is 12.6. The lowest BCUT2D eigenvalue weighted by atomic mass is 10.0. The summed E-state index contributed by atoms with van der Waals surface area (Å²) in [7, 11) is 0. The summed E-state index contributed by atoms with van der Waals surface area (Å²) < 4.78 is 5.36. The molecule has 0 aliphatic rings. The third-order valence-electron chi connectivity index (χ3n) is 4.13. The van der Waals surface area contributed by atoms with Gasteiger partial charge in [-0.25, -0.2) is 4.79 Å². The minimum absolute atomic E-state index is 0.00475. The van der Waals surface area contributed by atoms with E-state index in [-0.39, 0.29) is 17.8 Å². The van der Waals surface area contributed by atoms with Crippen molar-refractivity contribution in [2.24, 2.45) is 5.92 Å². The number of nitrogens with one attached hydrogen (secondary N) is 1. The molecule has 0 saturated heterocycles. The van der Waals surface area contributed by atoms with E-state index in [0.717, 1.165) is 18.4 Å². The van der Waals surface area contributed by atoms with Crippen molar-refractivity contribution < 1.29 is 14.3 Å². The molecule has 1 unspecified atom stereocenters.